The Balaban J connectivity index is 1.60. The Labute approximate surface area is 168 Å². The number of amidine groups is 1. The maximum atomic E-state index is 12.8. The van der Waals surface area contributed by atoms with E-state index in [1.54, 1.807) is 18.3 Å². The van der Waals surface area contributed by atoms with Gasteiger partial charge in [-0.25, -0.2) is 9.98 Å². The molecule has 2 aliphatic heterocycles. The van der Waals surface area contributed by atoms with Crippen molar-refractivity contribution in [3.05, 3.63) is 23.9 Å². The molecule has 0 unspecified atom stereocenters. The summed E-state index contributed by atoms with van der Waals surface area (Å²) in [5.41, 5.74) is -0.245. The molecule has 1 aromatic heterocycles. The summed E-state index contributed by atoms with van der Waals surface area (Å²) in [6.07, 6.45) is -1.53. The average Bonchev–Trinajstić information content (AvgIpc) is 3.16. The molecule has 0 aromatic carbocycles. The van der Waals surface area contributed by atoms with Crippen molar-refractivity contribution in [1.29, 1.82) is 0 Å². The molecule has 158 valence electrons. The van der Waals surface area contributed by atoms with Crippen molar-refractivity contribution in [3.8, 4) is 0 Å². The smallest absolute Gasteiger partial charge is 0.353 e. The first-order valence-electron chi connectivity index (χ1n) is 9.71. The predicted octanol–water partition coefficient (Wildman–Crippen LogP) is 3.32. The van der Waals surface area contributed by atoms with Crippen molar-refractivity contribution < 1.29 is 18.0 Å². The van der Waals surface area contributed by atoms with E-state index in [1.807, 2.05) is 9.80 Å². The van der Waals surface area contributed by atoms with E-state index >= 15 is 0 Å². The molecule has 1 saturated heterocycles. The van der Waals surface area contributed by atoms with Crippen molar-refractivity contribution >= 4 is 23.3 Å². The number of halogens is 3. The van der Waals surface area contributed by atoms with Crippen LogP contribution in [0.4, 0.5) is 19.0 Å². The number of carbonyl (C=O) groups excluding carboxylic acids is 1. The summed E-state index contributed by atoms with van der Waals surface area (Å²) in [6, 6.07) is 3.32. The highest BCUT2D eigenvalue weighted by Crippen LogP contribution is 2.24. The minimum atomic E-state index is -4.46. The molecule has 3 heterocycles. The van der Waals surface area contributed by atoms with Crippen LogP contribution in [0, 0.1) is 5.41 Å². The first-order valence-corrected chi connectivity index (χ1v) is 9.71. The molecule has 1 fully saturated rings. The summed E-state index contributed by atoms with van der Waals surface area (Å²) < 4.78 is 38.4. The van der Waals surface area contributed by atoms with E-state index in [9.17, 15) is 18.0 Å². The normalized spacial score (nSPS) is 18.0. The SMILES string of the molecule is CC(C)(C)CCC(=O)N1CCN(c2cc(C3=NCC(C(F)(F)F)=N3)ccn2)CC1. The zero-order valence-electron chi connectivity index (χ0n) is 17.0. The van der Waals surface area contributed by atoms with Gasteiger partial charge in [-0.3, -0.25) is 9.79 Å². The summed E-state index contributed by atoms with van der Waals surface area (Å²) in [5.74, 6) is 0.898. The number of piperazine rings is 1. The van der Waals surface area contributed by atoms with Gasteiger partial charge < -0.3 is 9.80 Å². The number of hydrogen-bond donors (Lipinski definition) is 0. The largest absolute Gasteiger partial charge is 0.431 e. The number of hydrogen-bond acceptors (Lipinski definition) is 5. The maximum absolute atomic E-state index is 12.8. The van der Waals surface area contributed by atoms with Gasteiger partial charge in [0.15, 0.2) is 5.84 Å². The second kappa shape index (κ2) is 8.12. The van der Waals surface area contributed by atoms with E-state index in [4.69, 9.17) is 0 Å². The van der Waals surface area contributed by atoms with E-state index in [1.165, 1.54) is 0 Å². The van der Waals surface area contributed by atoms with Crippen LogP contribution in [0.3, 0.4) is 0 Å². The van der Waals surface area contributed by atoms with Crippen LogP contribution in [0.1, 0.15) is 39.2 Å². The molecule has 0 saturated carbocycles. The van der Waals surface area contributed by atoms with Crippen LogP contribution in [0.5, 0.6) is 0 Å². The number of alkyl halides is 3. The number of amides is 1. The number of aliphatic imine (C=N–C) groups is 2. The molecular formula is C20H26F3N5O. The highest BCUT2D eigenvalue weighted by atomic mass is 19.4. The fourth-order valence-corrected chi connectivity index (χ4v) is 3.21. The van der Waals surface area contributed by atoms with E-state index < -0.39 is 18.4 Å². The number of rotatable bonds is 4. The Kier molecular flexibility index (Phi) is 5.95. The van der Waals surface area contributed by atoms with Crippen LogP contribution in [0.2, 0.25) is 0 Å². The van der Waals surface area contributed by atoms with Gasteiger partial charge in [0.2, 0.25) is 5.91 Å². The van der Waals surface area contributed by atoms with Gasteiger partial charge in [0.1, 0.15) is 11.5 Å². The predicted molar refractivity (Wildman–Crippen MR) is 107 cm³/mol. The standard InChI is InChI=1S/C20H26F3N5O/c1-19(2,3)6-4-17(29)28-10-8-27(9-11-28)16-12-14(5-7-24-16)18-25-13-15(26-18)20(21,22)23/h5,7,12H,4,6,8-11,13H2,1-3H3. The first kappa shape index (κ1) is 21.3. The lowest BCUT2D eigenvalue weighted by Crippen LogP contribution is -2.49. The first-order chi connectivity index (χ1) is 13.5. The highest BCUT2D eigenvalue weighted by Gasteiger charge is 2.38. The molecule has 0 bridgehead atoms. The highest BCUT2D eigenvalue weighted by molar-refractivity contribution is 6.13. The topological polar surface area (TPSA) is 61.2 Å². The number of carbonyl (C=O) groups is 1. The molecule has 29 heavy (non-hydrogen) atoms. The third-order valence-electron chi connectivity index (χ3n) is 5.00. The molecule has 0 spiro atoms. The van der Waals surface area contributed by atoms with Gasteiger partial charge in [-0.05, 0) is 24.0 Å². The van der Waals surface area contributed by atoms with Gasteiger partial charge in [-0.15, -0.1) is 0 Å². The summed E-state index contributed by atoms with van der Waals surface area (Å²) in [6.45, 7) is 8.36. The fraction of sp³-hybridized carbons (Fsp3) is 0.600. The molecule has 9 heteroatoms. The summed E-state index contributed by atoms with van der Waals surface area (Å²) >= 11 is 0. The molecule has 0 N–H and O–H groups in total. The van der Waals surface area contributed by atoms with E-state index in [0.29, 0.717) is 44.0 Å². The lowest BCUT2D eigenvalue weighted by Gasteiger charge is -2.36. The molecule has 0 radical (unpaired) electrons. The van der Waals surface area contributed by atoms with Crippen LogP contribution in [0.25, 0.3) is 0 Å². The van der Waals surface area contributed by atoms with E-state index in [2.05, 4.69) is 35.7 Å². The molecule has 1 amide bonds. The molecule has 2 aliphatic rings. The molecule has 3 rings (SSSR count). The Bertz CT molecular complexity index is 818. The lowest BCUT2D eigenvalue weighted by atomic mass is 9.90. The van der Waals surface area contributed by atoms with Crippen LogP contribution < -0.4 is 4.90 Å². The Morgan fingerprint density at radius 1 is 1.14 bits per heavy atom. The third kappa shape index (κ3) is 5.55. The van der Waals surface area contributed by atoms with E-state index in [-0.39, 0.29) is 17.2 Å². The van der Waals surface area contributed by atoms with Crippen molar-refractivity contribution in [2.24, 2.45) is 15.4 Å². The Morgan fingerprint density at radius 2 is 1.83 bits per heavy atom. The van der Waals surface area contributed by atoms with Crippen molar-refractivity contribution in [2.45, 2.75) is 39.8 Å². The number of aromatic nitrogens is 1. The van der Waals surface area contributed by atoms with Gasteiger partial charge in [0.05, 0.1) is 6.54 Å². The second-order valence-corrected chi connectivity index (χ2v) is 8.53. The van der Waals surface area contributed by atoms with Crippen LogP contribution >= 0.6 is 0 Å². The summed E-state index contributed by atoms with van der Waals surface area (Å²) in [7, 11) is 0. The second-order valence-electron chi connectivity index (χ2n) is 8.53. The quantitative estimate of drug-likeness (QED) is 0.767. The van der Waals surface area contributed by atoms with Gasteiger partial charge in [0.25, 0.3) is 0 Å². The molecule has 6 nitrogen and oxygen atoms in total. The molecule has 0 aliphatic carbocycles. The Morgan fingerprint density at radius 3 is 2.41 bits per heavy atom. The fourth-order valence-electron chi connectivity index (χ4n) is 3.21. The van der Waals surface area contributed by atoms with Crippen LogP contribution in [-0.4, -0.2) is 66.2 Å². The maximum Gasteiger partial charge on any atom is 0.431 e. The zero-order chi connectivity index (χ0) is 21.2. The van der Waals surface area contributed by atoms with Gasteiger partial charge >= 0.3 is 6.18 Å². The number of pyridine rings is 1. The van der Waals surface area contributed by atoms with Crippen molar-refractivity contribution in [2.75, 3.05) is 37.6 Å². The minimum Gasteiger partial charge on any atom is -0.353 e. The number of anilines is 1. The summed E-state index contributed by atoms with van der Waals surface area (Å²) in [5, 5.41) is 0. The van der Waals surface area contributed by atoms with E-state index in [0.717, 1.165) is 6.42 Å². The summed E-state index contributed by atoms with van der Waals surface area (Å²) in [4.78, 5) is 28.2. The monoisotopic (exact) mass is 409 g/mol. The van der Waals surface area contributed by atoms with Gasteiger partial charge in [-0.1, -0.05) is 20.8 Å². The molecular weight excluding hydrogens is 383 g/mol. The minimum absolute atomic E-state index is 0.0805. The van der Waals surface area contributed by atoms with Crippen molar-refractivity contribution in [3.63, 3.8) is 0 Å². The van der Waals surface area contributed by atoms with Gasteiger partial charge in [0, 0.05) is 44.4 Å². The Hall–Kier alpha value is -2.45. The van der Waals surface area contributed by atoms with Crippen molar-refractivity contribution in [1.82, 2.24) is 9.88 Å². The molecule has 1 aromatic rings. The average molecular weight is 409 g/mol. The zero-order valence-corrected chi connectivity index (χ0v) is 17.0. The number of nitrogens with zero attached hydrogens (tertiary/aromatic N) is 5. The van der Waals surface area contributed by atoms with Crippen LogP contribution in [-0.2, 0) is 4.79 Å². The third-order valence-corrected chi connectivity index (χ3v) is 5.00. The van der Waals surface area contributed by atoms with Crippen LogP contribution in [0.15, 0.2) is 28.3 Å². The molecule has 0 atom stereocenters. The lowest BCUT2D eigenvalue weighted by molar-refractivity contribution is -0.132. The van der Waals surface area contributed by atoms with Gasteiger partial charge in [-0.2, -0.15) is 13.2 Å².